The molecule has 20 heavy (non-hydrogen) atoms. The van der Waals surface area contributed by atoms with Gasteiger partial charge in [-0.2, -0.15) is 0 Å². The van der Waals surface area contributed by atoms with E-state index in [4.69, 9.17) is 0 Å². The van der Waals surface area contributed by atoms with E-state index in [2.05, 4.69) is 5.32 Å². The zero-order chi connectivity index (χ0) is 14.9. The van der Waals surface area contributed by atoms with Crippen LogP contribution in [0.5, 0.6) is 0 Å². The Bertz CT molecular complexity index is 534. The summed E-state index contributed by atoms with van der Waals surface area (Å²) in [5, 5.41) is 12.4. The number of nitrogens with one attached hydrogen (secondary N) is 1. The number of carboxylic acids is 1. The van der Waals surface area contributed by atoms with Crippen molar-refractivity contribution in [2.75, 3.05) is 11.4 Å². The van der Waals surface area contributed by atoms with Gasteiger partial charge in [-0.3, -0.25) is 9.69 Å². The zero-order valence-electron chi connectivity index (χ0n) is 12.0. The van der Waals surface area contributed by atoms with Crippen LogP contribution in [0.15, 0.2) is 24.3 Å². The number of hydrogen-bond donors (Lipinski definition) is 2. The second kappa shape index (κ2) is 5.25. The highest BCUT2D eigenvalue weighted by atomic mass is 16.4. The Morgan fingerprint density at radius 2 is 2.00 bits per heavy atom. The molecule has 1 amide bonds. The van der Waals surface area contributed by atoms with Gasteiger partial charge >= 0.3 is 5.97 Å². The summed E-state index contributed by atoms with van der Waals surface area (Å²) in [5.74, 6) is -1.18. The number of carbonyl (C=O) groups is 2. The standard InChI is InChI=1S/C15H20N2O3/c1-15(2,3)16-9-13(18)17-11-7-5-4-6-10(11)8-12(17)14(19)20/h4-7,12,16H,8-9H2,1-3H3,(H,19,20)/t12-/m0/s1. The third-order valence-electron chi connectivity index (χ3n) is 3.30. The number of aliphatic carboxylic acids is 1. The molecule has 108 valence electrons. The monoisotopic (exact) mass is 276 g/mol. The predicted octanol–water partition coefficient (Wildman–Crippen LogP) is 1.42. The van der Waals surface area contributed by atoms with E-state index in [1.807, 2.05) is 39.0 Å². The van der Waals surface area contributed by atoms with Crippen LogP contribution < -0.4 is 10.2 Å². The summed E-state index contributed by atoms with van der Waals surface area (Å²) in [5.41, 5.74) is 1.43. The molecular weight excluding hydrogens is 256 g/mol. The van der Waals surface area contributed by atoms with Crippen LogP contribution in [0.25, 0.3) is 0 Å². The molecule has 0 saturated heterocycles. The maximum absolute atomic E-state index is 12.4. The highest BCUT2D eigenvalue weighted by Gasteiger charge is 2.38. The first-order valence-corrected chi connectivity index (χ1v) is 6.67. The molecule has 0 spiro atoms. The lowest BCUT2D eigenvalue weighted by atomic mass is 10.1. The molecule has 5 nitrogen and oxygen atoms in total. The first-order valence-electron chi connectivity index (χ1n) is 6.67. The molecule has 0 aromatic heterocycles. The zero-order valence-corrected chi connectivity index (χ0v) is 12.0. The van der Waals surface area contributed by atoms with Gasteiger partial charge in [-0.1, -0.05) is 18.2 Å². The van der Waals surface area contributed by atoms with E-state index in [1.54, 1.807) is 6.07 Å². The Morgan fingerprint density at radius 1 is 1.35 bits per heavy atom. The molecule has 1 heterocycles. The molecule has 0 fully saturated rings. The summed E-state index contributed by atoms with van der Waals surface area (Å²) in [6.45, 7) is 6.02. The third kappa shape index (κ3) is 2.99. The van der Waals surface area contributed by atoms with Gasteiger partial charge in [0.25, 0.3) is 0 Å². The highest BCUT2D eigenvalue weighted by molar-refractivity contribution is 6.02. The second-order valence-electron chi connectivity index (χ2n) is 6.05. The van der Waals surface area contributed by atoms with Crippen molar-refractivity contribution in [1.29, 1.82) is 0 Å². The number of carboxylic acid groups (broad SMARTS) is 1. The van der Waals surface area contributed by atoms with Gasteiger partial charge in [-0.15, -0.1) is 0 Å². The molecular formula is C15H20N2O3. The van der Waals surface area contributed by atoms with Gasteiger partial charge < -0.3 is 10.4 Å². The van der Waals surface area contributed by atoms with Crippen molar-refractivity contribution in [3.8, 4) is 0 Å². The van der Waals surface area contributed by atoms with E-state index >= 15 is 0 Å². The molecule has 0 radical (unpaired) electrons. The minimum absolute atomic E-state index is 0.127. The maximum atomic E-state index is 12.4. The molecule has 2 N–H and O–H groups in total. The average Bonchev–Trinajstić information content (AvgIpc) is 2.74. The first kappa shape index (κ1) is 14.5. The Labute approximate surface area is 118 Å². The third-order valence-corrected chi connectivity index (χ3v) is 3.30. The fourth-order valence-electron chi connectivity index (χ4n) is 2.32. The van der Waals surface area contributed by atoms with E-state index in [-0.39, 0.29) is 18.0 Å². The number of nitrogens with zero attached hydrogens (tertiary/aromatic N) is 1. The lowest BCUT2D eigenvalue weighted by Gasteiger charge is -2.26. The Morgan fingerprint density at radius 3 is 2.60 bits per heavy atom. The summed E-state index contributed by atoms with van der Waals surface area (Å²) in [7, 11) is 0. The lowest BCUT2D eigenvalue weighted by molar-refractivity contribution is -0.139. The topological polar surface area (TPSA) is 69.6 Å². The van der Waals surface area contributed by atoms with Crippen molar-refractivity contribution in [3.63, 3.8) is 0 Å². The normalized spacial score (nSPS) is 17.9. The molecule has 1 aliphatic rings. The van der Waals surface area contributed by atoms with Crippen molar-refractivity contribution in [1.82, 2.24) is 5.32 Å². The van der Waals surface area contributed by atoms with E-state index in [1.165, 1.54) is 4.90 Å². The molecule has 1 aromatic rings. The Kier molecular flexibility index (Phi) is 3.81. The van der Waals surface area contributed by atoms with Gasteiger partial charge in [0, 0.05) is 17.6 Å². The van der Waals surface area contributed by atoms with Crippen molar-refractivity contribution in [2.24, 2.45) is 0 Å². The van der Waals surface area contributed by atoms with Crippen LogP contribution in [0.2, 0.25) is 0 Å². The average molecular weight is 276 g/mol. The van der Waals surface area contributed by atoms with E-state index in [0.717, 1.165) is 5.56 Å². The lowest BCUT2D eigenvalue weighted by Crippen LogP contribution is -2.49. The Hall–Kier alpha value is -1.88. The van der Waals surface area contributed by atoms with Crippen molar-refractivity contribution in [3.05, 3.63) is 29.8 Å². The number of fused-ring (bicyclic) bond motifs is 1. The van der Waals surface area contributed by atoms with Gasteiger partial charge in [-0.05, 0) is 32.4 Å². The van der Waals surface area contributed by atoms with Gasteiger partial charge in [-0.25, -0.2) is 4.79 Å². The van der Waals surface area contributed by atoms with E-state index in [0.29, 0.717) is 12.1 Å². The van der Waals surface area contributed by atoms with Crippen molar-refractivity contribution in [2.45, 2.75) is 38.8 Å². The van der Waals surface area contributed by atoms with Gasteiger partial charge in [0.1, 0.15) is 6.04 Å². The predicted molar refractivity (Wildman–Crippen MR) is 76.8 cm³/mol. The fourth-order valence-corrected chi connectivity index (χ4v) is 2.32. The summed E-state index contributed by atoms with van der Waals surface area (Å²) >= 11 is 0. The van der Waals surface area contributed by atoms with Crippen LogP contribution in [0.3, 0.4) is 0 Å². The Balaban J connectivity index is 2.22. The number of benzene rings is 1. The second-order valence-corrected chi connectivity index (χ2v) is 6.05. The van der Waals surface area contributed by atoms with Gasteiger partial charge in [0.15, 0.2) is 0 Å². The molecule has 0 unspecified atom stereocenters. The summed E-state index contributed by atoms with van der Waals surface area (Å²) in [6, 6.07) is 6.55. The van der Waals surface area contributed by atoms with Crippen molar-refractivity contribution < 1.29 is 14.7 Å². The van der Waals surface area contributed by atoms with Crippen molar-refractivity contribution >= 4 is 17.6 Å². The summed E-state index contributed by atoms with van der Waals surface area (Å²) < 4.78 is 0. The van der Waals surface area contributed by atoms with Gasteiger partial charge in [0.05, 0.1) is 6.54 Å². The molecule has 0 saturated carbocycles. The first-order chi connectivity index (χ1) is 9.29. The SMILES string of the molecule is CC(C)(C)NCC(=O)N1c2ccccc2C[C@H]1C(=O)O. The van der Waals surface area contributed by atoms with Crippen LogP contribution >= 0.6 is 0 Å². The largest absolute Gasteiger partial charge is 0.480 e. The molecule has 0 bridgehead atoms. The molecule has 2 rings (SSSR count). The van der Waals surface area contributed by atoms with Gasteiger partial charge in [0.2, 0.25) is 5.91 Å². The quantitative estimate of drug-likeness (QED) is 0.876. The van der Waals surface area contributed by atoms with E-state index in [9.17, 15) is 14.7 Å². The van der Waals surface area contributed by atoms with Crippen LogP contribution in [0, 0.1) is 0 Å². The number of hydrogen-bond acceptors (Lipinski definition) is 3. The number of carbonyl (C=O) groups excluding carboxylic acids is 1. The van der Waals surface area contributed by atoms with Crippen LogP contribution in [-0.4, -0.2) is 35.1 Å². The molecule has 1 atom stereocenters. The minimum Gasteiger partial charge on any atom is -0.480 e. The molecule has 1 aliphatic heterocycles. The maximum Gasteiger partial charge on any atom is 0.327 e. The summed E-state index contributed by atoms with van der Waals surface area (Å²) in [4.78, 5) is 25.1. The minimum atomic E-state index is -0.967. The highest BCUT2D eigenvalue weighted by Crippen LogP contribution is 2.32. The fraction of sp³-hybridized carbons (Fsp3) is 0.467. The van der Waals surface area contributed by atoms with Crippen LogP contribution in [0.4, 0.5) is 5.69 Å². The number of rotatable bonds is 3. The smallest absolute Gasteiger partial charge is 0.327 e. The molecule has 1 aromatic carbocycles. The number of amides is 1. The molecule has 5 heteroatoms. The number of anilines is 1. The van der Waals surface area contributed by atoms with Crippen LogP contribution in [0.1, 0.15) is 26.3 Å². The van der Waals surface area contributed by atoms with E-state index < -0.39 is 12.0 Å². The molecule has 0 aliphatic carbocycles. The van der Waals surface area contributed by atoms with Crippen LogP contribution in [-0.2, 0) is 16.0 Å². The summed E-state index contributed by atoms with van der Waals surface area (Å²) in [6.07, 6.45) is 0.368. The number of para-hydroxylation sites is 1.